The molecule has 2 aromatic carbocycles. The lowest BCUT2D eigenvalue weighted by Crippen LogP contribution is -2.47. The van der Waals surface area contributed by atoms with E-state index in [2.05, 4.69) is 45.6 Å². The summed E-state index contributed by atoms with van der Waals surface area (Å²) in [4.78, 5) is 17.4. The van der Waals surface area contributed by atoms with E-state index < -0.39 is 15.9 Å². The van der Waals surface area contributed by atoms with Gasteiger partial charge in [0.1, 0.15) is 0 Å². The number of piperazine rings is 1. The van der Waals surface area contributed by atoms with Gasteiger partial charge in [0.15, 0.2) is 5.03 Å². The van der Waals surface area contributed by atoms with Crippen LogP contribution in [0.3, 0.4) is 0 Å². The molecule has 0 saturated carbocycles. The maximum atomic E-state index is 12.6. The van der Waals surface area contributed by atoms with Gasteiger partial charge in [0.2, 0.25) is 0 Å². The van der Waals surface area contributed by atoms with Crippen LogP contribution in [0.5, 0.6) is 0 Å². The number of nitrogens with one attached hydrogen (secondary N) is 1. The van der Waals surface area contributed by atoms with Crippen molar-refractivity contribution in [2.45, 2.75) is 38.1 Å². The number of rotatable bonds is 7. The molecule has 2 heterocycles. The second kappa shape index (κ2) is 11.4. The molecule has 0 spiro atoms. The van der Waals surface area contributed by atoms with E-state index in [1.807, 2.05) is 24.3 Å². The molecule has 3 aromatic rings. The molecule has 0 bridgehead atoms. The van der Waals surface area contributed by atoms with Crippen LogP contribution in [-0.4, -0.2) is 61.7 Å². The Balaban J connectivity index is 1.20. The lowest BCUT2D eigenvalue weighted by atomic mass is 9.73. The summed E-state index contributed by atoms with van der Waals surface area (Å²) in [5.74, 6) is -0.679. The first-order valence-electron chi connectivity index (χ1n) is 13.6. The first-order chi connectivity index (χ1) is 19.0. The molecule has 5 rings (SSSR count). The summed E-state index contributed by atoms with van der Waals surface area (Å²) < 4.78 is 28.3. The number of sulfonamides is 1. The molecule has 40 heavy (non-hydrogen) atoms. The fourth-order valence-electron chi connectivity index (χ4n) is 5.59. The molecule has 1 amide bonds. The van der Waals surface area contributed by atoms with Gasteiger partial charge in [0.05, 0.1) is 0 Å². The zero-order chi connectivity index (χ0) is 28.5. The molecule has 10 heteroatoms. The van der Waals surface area contributed by atoms with Crippen LogP contribution in [0.2, 0.25) is 5.02 Å². The van der Waals surface area contributed by atoms with E-state index in [1.165, 1.54) is 40.1 Å². The summed E-state index contributed by atoms with van der Waals surface area (Å²) in [7, 11) is -2.41. The molecule has 1 aliphatic carbocycles. The Labute approximate surface area is 241 Å². The summed E-state index contributed by atoms with van der Waals surface area (Å²) in [6, 6.07) is 16.7. The van der Waals surface area contributed by atoms with Crippen molar-refractivity contribution in [3.05, 3.63) is 82.5 Å². The van der Waals surface area contributed by atoms with Crippen molar-refractivity contribution in [2.75, 3.05) is 37.6 Å². The van der Waals surface area contributed by atoms with Gasteiger partial charge in [0, 0.05) is 62.2 Å². The van der Waals surface area contributed by atoms with Gasteiger partial charge < -0.3 is 4.90 Å². The maximum Gasteiger partial charge on any atom is 0.283 e. The summed E-state index contributed by atoms with van der Waals surface area (Å²) in [5, 5.41) is 4.45. The van der Waals surface area contributed by atoms with E-state index in [1.54, 1.807) is 19.2 Å². The van der Waals surface area contributed by atoms with Gasteiger partial charge in [0.25, 0.3) is 15.9 Å². The van der Waals surface area contributed by atoms with Crippen molar-refractivity contribution in [1.29, 1.82) is 0 Å². The highest BCUT2D eigenvalue weighted by molar-refractivity contribution is 7.90. The lowest BCUT2D eigenvalue weighted by molar-refractivity contribution is 0.0981. The number of benzene rings is 2. The highest BCUT2D eigenvalue weighted by Crippen LogP contribution is 2.42. The third-order valence-corrected chi connectivity index (χ3v) is 9.31. The number of allylic oxidation sites excluding steroid dienone is 1. The molecule has 1 N–H and O–H groups in total. The number of hydrogen-bond donors (Lipinski definition) is 1. The quantitative estimate of drug-likeness (QED) is 0.423. The van der Waals surface area contributed by atoms with Gasteiger partial charge in [-0.05, 0) is 78.3 Å². The SMILES string of the molecule is Cn1ccc(S(=O)(=O)NC(=O)c2ccc(N3CCN(CC4=C(c5ccc(Cl)cc5)CCC(C)(C)C4)CC3)cc2)n1. The fourth-order valence-corrected chi connectivity index (χ4v) is 6.66. The van der Waals surface area contributed by atoms with Crippen molar-refractivity contribution >= 4 is 38.8 Å². The van der Waals surface area contributed by atoms with E-state index in [0.717, 1.165) is 56.3 Å². The third kappa shape index (κ3) is 6.59. The van der Waals surface area contributed by atoms with Crippen LogP contribution >= 0.6 is 11.6 Å². The van der Waals surface area contributed by atoms with Crippen molar-refractivity contribution in [2.24, 2.45) is 12.5 Å². The standard InChI is InChI=1S/C30H36ClN5O3S/c1-30(2)14-12-27(22-4-8-25(31)9-5-22)24(20-30)21-35-16-18-36(19-17-35)26-10-6-23(7-11-26)29(37)33-40(38,39)28-13-15-34(3)32-28/h4-11,13,15H,12,14,16-21H2,1-3H3,(H,33,37). The number of hydrogen-bond acceptors (Lipinski definition) is 6. The average molecular weight is 582 g/mol. The van der Waals surface area contributed by atoms with Crippen molar-refractivity contribution < 1.29 is 13.2 Å². The molecular weight excluding hydrogens is 546 g/mol. The Morgan fingerprint density at radius 1 is 1.00 bits per heavy atom. The van der Waals surface area contributed by atoms with Gasteiger partial charge in [-0.25, -0.2) is 4.72 Å². The van der Waals surface area contributed by atoms with Crippen LogP contribution in [0.4, 0.5) is 5.69 Å². The number of carbonyl (C=O) groups is 1. The minimum Gasteiger partial charge on any atom is -0.369 e. The molecule has 1 saturated heterocycles. The van der Waals surface area contributed by atoms with Crippen LogP contribution in [0.25, 0.3) is 5.57 Å². The molecule has 0 unspecified atom stereocenters. The number of aromatic nitrogens is 2. The van der Waals surface area contributed by atoms with Crippen LogP contribution in [0, 0.1) is 5.41 Å². The van der Waals surface area contributed by atoms with Gasteiger partial charge in [-0.15, -0.1) is 0 Å². The third-order valence-electron chi connectivity index (χ3n) is 7.84. The molecule has 212 valence electrons. The van der Waals surface area contributed by atoms with Crippen molar-refractivity contribution in [1.82, 2.24) is 19.4 Å². The second-order valence-electron chi connectivity index (χ2n) is 11.5. The molecule has 2 aliphatic rings. The highest BCUT2D eigenvalue weighted by Gasteiger charge is 2.29. The zero-order valence-corrected chi connectivity index (χ0v) is 24.8. The monoisotopic (exact) mass is 581 g/mol. The summed E-state index contributed by atoms with van der Waals surface area (Å²) in [5.41, 5.74) is 5.89. The molecule has 0 radical (unpaired) electrons. The first-order valence-corrected chi connectivity index (χ1v) is 15.5. The lowest BCUT2D eigenvalue weighted by Gasteiger charge is -2.39. The second-order valence-corrected chi connectivity index (χ2v) is 13.6. The molecule has 1 aliphatic heterocycles. The number of amides is 1. The smallest absolute Gasteiger partial charge is 0.283 e. The molecular formula is C30H36ClN5O3S. The average Bonchev–Trinajstić information content (AvgIpc) is 3.37. The van der Waals surface area contributed by atoms with Gasteiger partial charge in [-0.1, -0.05) is 43.2 Å². The predicted molar refractivity (Wildman–Crippen MR) is 159 cm³/mol. The largest absolute Gasteiger partial charge is 0.369 e. The Morgan fingerprint density at radius 2 is 1.68 bits per heavy atom. The minimum atomic E-state index is -4.02. The van der Waals surface area contributed by atoms with Gasteiger partial charge in [-0.3, -0.25) is 14.4 Å². The molecule has 1 fully saturated rings. The normalized spacial score (nSPS) is 18.1. The van der Waals surface area contributed by atoms with Crippen molar-refractivity contribution in [3.63, 3.8) is 0 Å². The van der Waals surface area contributed by atoms with Gasteiger partial charge >= 0.3 is 0 Å². The van der Waals surface area contributed by atoms with E-state index in [9.17, 15) is 13.2 Å². The Kier molecular flexibility index (Phi) is 8.08. The van der Waals surface area contributed by atoms with Crippen LogP contribution in [0.1, 0.15) is 49.0 Å². The Morgan fingerprint density at radius 3 is 2.30 bits per heavy atom. The van der Waals surface area contributed by atoms with Crippen LogP contribution < -0.4 is 9.62 Å². The Bertz CT molecular complexity index is 1500. The summed E-state index contributed by atoms with van der Waals surface area (Å²) in [6.07, 6.45) is 4.89. The topological polar surface area (TPSA) is 87.5 Å². The maximum absolute atomic E-state index is 12.6. The molecule has 0 atom stereocenters. The number of anilines is 1. The Hall–Kier alpha value is -3.14. The summed E-state index contributed by atoms with van der Waals surface area (Å²) in [6.45, 7) is 9.35. The van der Waals surface area contributed by atoms with E-state index in [-0.39, 0.29) is 10.6 Å². The number of halogens is 1. The number of aryl methyl sites for hydroxylation is 1. The molecule has 1 aromatic heterocycles. The van der Waals surface area contributed by atoms with E-state index >= 15 is 0 Å². The van der Waals surface area contributed by atoms with Gasteiger partial charge in [-0.2, -0.15) is 13.5 Å². The predicted octanol–water partition coefficient (Wildman–Crippen LogP) is 4.98. The zero-order valence-electron chi connectivity index (χ0n) is 23.2. The highest BCUT2D eigenvalue weighted by atomic mass is 35.5. The fraction of sp³-hybridized carbons (Fsp3) is 0.400. The number of nitrogens with zero attached hydrogens (tertiary/aromatic N) is 4. The van der Waals surface area contributed by atoms with E-state index in [4.69, 9.17) is 11.6 Å². The number of carbonyl (C=O) groups excluding carboxylic acids is 1. The van der Waals surface area contributed by atoms with E-state index in [0.29, 0.717) is 5.41 Å². The first kappa shape index (κ1) is 28.4. The minimum absolute atomic E-state index is 0.189. The summed E-state index contributed by atoms with van der Waals surface area (Å²) >= 11 is 6.15. The van der Waals surface area contributed by atoms with Crippen LogP contribution in [-0.2, 0) is 17.1 Å². The van der Waals surface area contributed by atoms with Crippen LogP contribution in [0.15, 0.2) is 71.4 Å². The van der Waals surface area contributed by atoms with Crippen molar-refractivity contribution in [3.8, 4) is 0 Å². The molecule has 8 nitrogen and oxygen atoms in total.